The maximum atomic E-state index is 12.3. The number of amides is 2. The van der Waals surface area contributed by atoms with Crippen LogP contribution in [0.2, 0.25) is 0 Å². The molecule has 3 rings (SSSR count). The van der Waals surface area contributed by atoms with E-state index >= 15 is 0 Å². The first-order valence-electron chi connectivity index (χ1n) is 7.99. The molecule has 1 saturated heterocycles. The SMILES string of the molecule is COc1ccc(NC(=O)C2CN(C(=O)c3ccc([N+](=O)[O-])o3)C2)cc1OC. The predicted octanol–water partition coefficient (Wildman–Crippen LogP) is 1.92. The predicted molar refractivity (Wildman–Crippen MR) is 92.9 cm³/mol. The first kappa shape index (κ1) is 18.2. The smallest absolute Gasteiger partial charge is 0.433 e. The quantitative estimate of drug-likeness (QED) is 0.604. The maximum Gasteiger partial charge on any atom is 0.433 e. The van der Waals surface area contributed by atoms with Crippen LogP contribution in [0.4, 0.5) is 11.6 Å². The van der Waals surface area contributed by atoms with E-state index in [1.54, 1.807) is 18.2 Å². The minimum absolute atomic E-state index is 0.125. The molecule has 0 unspecified atom stereocenters. The van der Waals surface area contributed by atoms with Gasteiger partial charge in [0.2, 0.25) is 5.91 Å². The van der Waals surface area contributed by atoms with E-state index in [-0.39, 0.29) is 30.7 Å². The Morgan fingerprint density at radius 2 is 1.89 bits per heavy atom. The van der Waals surface area contributed by atoms with Gasteiger partial charge in [-0.2, -0.15) is 0 Å². The Hall–Kier alpha value is -3.56. The number of nitro groups is 1. The standard InChI is InChI=1S/C17H17N3O7/c1-25-12-4-3-11(7-14(12)26-2)18-16(21)10-8-19(9-10)17(22)13-5-6-15(27-13)20(23)24/h3-7,10H,8-9H2,1-2H3,(H,18,21). The van der Waals surface area contributed by atoms with Gasteiger partial charge in [-0.1, -0.05) is 0 Å². The summed E-state index contributed by atoms with van der Waals surface area (Å²) in [5.74, 6) is -0.701. The Morgan fingerprint density at radius 1 is 1.19 bits per heavy atom. The molecule has 2 amide bonds. The van der Waals surface area contributed by atoms with Crippen molar-refractivity contribution in [2.45, 2.75) is 0 Å². The molecule has 1 aromatic heterocycles. The van der Waals surface area contributed by atoms with Gasteiger partial charge in [-0.3, -0.25) is 19.7 Å². The summed E-state index contributed by atoms with van der Waals surface area (Å²) in [4.78, 5) is 35.8. The normalized spacial score (nSPS) is 13.6. The van der Waals surface area contributed by atoms with E-state index in [9.17, 15) is 19.7 Å². The molecule has 27 heavy (non-hydrogen) atoms. The molecule has 0 saturated carbocycles. The van der Waals surface area contributed by atoms with Gasteiger partial charge in [-0.25, -0.2) is 0 Å². The van der Waals surface area contributed by atoms with E-state index in [4.69, 9.17) is 13.9 Å². The number of furan rings is 1. The zero-order valence-corrected chi connectivity index (χ0v) is 14.6. The molecule has 1 N–H and O–H groups in total. The van der Waals surface area contributed by atoms with E-state index in [1.165, 1.54) is 25.2 Å². The summed E-state index contributed by atoms with van der Waals surface area (Å²) in [6.07, 6.45) is 0. The van der Waals surface area contributed by atoms with Crippen molar-refractivity contribution < 1.29 is 28.4 Å². The van der Waals surface area contributed by atoms with Crippen LogP contribution in [-0.4, -0.2) is 48.9 Å². The minimum Gasteiger partial charge on any atom is -0.493 e. The second-order valence-corrected chi connectivity index (χ2v) is 5.86. The van der Waals surface area contributed by atoms with Gasteiger partial charge in [0.1, 0.15) is 4.92 Å². The minimum atomic E-state index is -0.716. The molecule has 10 heteroatoms. The summed E-state index contributed by atoms with van der Waals surface area (Å²) in [5.41, 5.74) is 0.545. The third-order valence-corrected chi connectivity index (χ3v) is 4.17. The number of anilines is 1. The zero-order valence-electron chi connectivity index (χ0n) is 14.6. The Kier molecular flexibility index (Phi) is 4.97. The van der Waals surface area contributed by atoms with Crippen molar-refractivity contribution in [3.8, 4) is 11.5 Å². The molecule has 0 radical (unpaired) electrons. The highest BCUT2D eigenvalue weighted by molar-refractivity contribution is 5.97. The van der Waals surface area contributed by atoms with Crippen LogP contribution >= 0.6 is 0 Å². The summed E-state index contributed by atoms with van der Waals surface area (Å²) in [6, 6.07) is 7.36. The second-order valence-electron chi connectivity index (χ2n) is 5.86. The van der Waals surface area contributed by atoms with Crippen molar-refractivity contribution in [2.24, 2.45) is 5.92 Å². The lowest BCUT2D eigenvalue weighted by Gasteiger charge is -2.37. The Morgan fingerprint density at radius 3 is 2.48 bits per heavy atom. The number of ether oxygens (including phenoxy) is 2. The summed E-state index contributed by atoms with van der Waals surface area (Å²) in [6.45, 7) is 0.402. The lowest BCUT2D eigenvalue weighted by atomic mass is 9.98. The Labute approximate surface area is 153 Å². The number of nitrogens with one attached hydrogen (secondary N) is 1. The largest absolute Gasteiger partial charge is 0.493 e. The fraction of sp³-hybridized carbons (Fsp3) is 0.294. The number of carbonyl (C=O) groups is 2. The van der Waals surface area contributed by atoms with Gasteiger partial charge in [0.25, 0.3) is 5.91 Å². The van der Waals surface area contributed by atoms with Crippen molar-refractivity contribution in [3.05, 3.63) is 46.2 Å². The molecule has 1 aliphatic heterocycles. The van der Waals surface area contributed by atoms with Crippen LogP contribution in [-0.2, 0) is 4.79 Å². The maximum absolute atomic E-state index is 12.3. The number of rotatable bonds is 6. The van der Waals surface area contributed by atoms with Crippen molar-refractivity contribution >= 4 is 23.4 Å². The Bertz CT molecular complexity index is 886. The van der Waals surface area contributed by atoms with Gasteiger partial charge in [0, 0.05) is 24.8 Å². The average Bonchev–Trinajstić information content (AvgIpc) is 3.10. The van der Waals surface area contributed by atoms with Crippen molar-refractivity contribution in [1.29, 1.82) is 0 Å². The molecule has 1 aliphatic rings. The van der Waals surface area contributed by atoms with Gasteiger partial charge in [0.15, 0.2) is 17.3 Å². The molecule has 0 aliphatic carbocycles. The van der Waals surface area contributed by atoms with Gasteiger partial charge in [-0.05, 0) is 18.2 Å². The van der Waals surface area contributed by atoms with Gasteiger partial charge in [-0.15, -0.1) is 0 Å². The number of nitrogens with zero attached hydrogens (tertiary/aromatic N) is 2. The van der Waals surface area contributed by atoms with E-state index in [0.717, 1.165) is 6.07 Å². The van der Waals surface area contributed by atoms with Crippen molar-refractivity contribution in [1.82, 2.24) is 4.90 Å². The highest BCUT2D eigenvalue weighted by Crippen LogP contribution is 2.30. The van der Waals surface area contributed by atoms with Crippen LogP contribution in [0.3, 0.4) is 0 Å². The monoisotopic (exact) mass is 375 g/mol. The molecular weight excluding hydrogens is 358 g/mol. The number of hydrogen-bond donors (Lipinski definition) is 1. The van der Waals surface area contributed by atoms with Crippen molar-refractivity contribution in [3.63, 3.8) is 0 Å². The van der Waals surface area contributed by atoms with Crippen LogP contribution in [0.5, 0.6) is 11.5 Å². The molecule has 2 aromatic rings. The zero-order chi connectivity index (χ0) is 19.6. The molecule has 142 valence electrons. The fourth-order valence-corrected chi connectivity index (χ4v) is 2.67. The first-order valence-corrected chi connectivity index (χ1v) is 7.99. The number of likely N-dealkylation sites (tertiary alicyclic amines) is 1. The number of methoxy groups -OCH3 is 2. The summed E-state index contributed by atoms with van der Waals surface area (Å²) in [7, 11) is 3.02. The molecule has 2 heterocycles. The number of benzene rings is 1. The molecule has 0 atom stereocenters. The lowest BCUT2D eigenvalue weighted by molar-refractivity contribution is -0.402. The van der Waals surface area contributed by atoms with E-state index in [2.05, 4.69) is 5.32 Å². The van der Waals surface area contributed by atoms with E-state index in [1.807, 2.05) is 0 Å². The summed E-state index contributed by atoms with van der Waals surface area (Å²) < 4.78 is 15.2. The van der Waals surface area contributed by atoms with Gasteiger partial charge < -0.3 is 24.1 Å². The third-order valence-electron chi connectivity index (χ3n) is 4.17. The molecule has 1 fully saturated rings. The highest BCUT2D eigenvalue weighted by Gasteiger charge is 2.37. The summed E-state index contributed by atoms with van der Waals surface area (Å²) >= 11 is 0. The van der Waals surface area contributed by atoms with Gasteiger partial charge >= 0.3 is 5.88 Å². The van der Waals surface area contributed by atoms with Crippen LogP contribution in [0.1, 0.15) is 10.6 Å². The molecular formula is C17H17N3O7. The molecule has 1 aromatic carbocycles. The topological polar surface area (TPSA) is 124 Å². The van der Waals surface area contributed by atoms with Crippen LogP contribution in [0, 0.1) is 16.0 Å². The molecule has 0 bridgehead atoms. The summed E-state index contributed by atoms with van der Waals surface area (Å²) in [5, 5.41) is 13.4. The van der Waals surface area contributed by atoms with Crippen LogP contribution in [0.25, 0.3) is 0 Å². The first-order chi connectivity index (χ1) is 12.9. The molecule has 0 spiro atoms. The highest BCUT2D eigenvalue weighted by atomic mass is 16.6. The van der Waals surface area contributed by atoms with Gasteiger partial charge in [0.05, 0.1) is 26.2 Å². The molecule has 10 nitrogen and oxygen atoms in total. The number of hydrogen-bond acceptors (Lipinski definition) is 7. The van der Waals surface area contributed by atoms with Crippen LogP contribution < -0.4 is 14.8 Å². The van der Waals surface area contributed by atoms with E-state index < -0.39 is 16.7 Å². The van der Waals surface area contributed by atoms with E-state index in [0.29, 0.717) is 17.2 Å². The number of carbonyl (C=O) groups excluding carboxylic acids is 2. The van der Waals surface area contributed by atoms with Crippen LogP contribution in [0.15, 0.2) is 34.7 Å². The Balaban J connectivity index is 1.56. The third kappa shape index (κ3) is 3.68. The fourth-order valence-electron chi connectivity index (χ4n) is 2.67. The average molecular weight is 375 g/mol. The van der Waals surface area contributed by atoms with Crippen molar-refractivity contribution in [2.75, 3.05) is 32.6 Å². The second kappa shape index (κ2) is 7.36. The lowest BCUT2D eigenvalue weighted by Crippen LogP contribution is -2.54.